The van der Waals surface area contributed by atoms with Gasteiger partial charge in [0.2, 0.25) is 0 Å². The summed E-state index contributed by atoms with van der Waals surface area (Å²) in [6.07, 6.45) is 2.78. The van der Waals surface area contributed by atoms with Crippen LogP contribution in [0, 0.1) is 6.92 Å². The number of fused-ring (bicyclic) bond motifs is 1. The van der Waals surface area contributed by atoms with Gasteiger partial charge in [0.15, 0.2) is 0 Å². The van der Waals surface area contributed by atoms with Crippen LogP contribution in [-0.2, 0) is 6.42 Å². The molecule has 16 heavy (non-hydrogen) atoms. The van der Waals surface area contributed by atoms with Crippen molar-refractivity contribution in [2.75, 3.05) is 6.54 Å². The molecule has 0 radical (unpaired) electrons. The number of imidazole rings is 1. The van der Waals surface area contributed by atoms with E-state index in [1.807, 2.05) is 6.92 Å². The molecular weight excluding hydrogens is 288 g/mol. The predicted molar refractivity (Wildman–Crippen MR) is 66.7 cm³/mol. The molecule has 3 rings (SSSR count). The SMILES string of the molecule is Cc1nc(C2NCCc3[nH]cnc32)sc1Br. The Kier molecular flexibility index (Phi) is 2.57. The Morgan fingerprint density at radius 1 is 1.56 bits per heavy atom. The molecule has 0 saturated carbocycles. The van der Waals surface area contributed by atoms with Gasteiger partial charge in [0.1, 0.15) is 11.0 Å². The highest BCUT2D eigenvalue weighted by Gasteiger charge is 2.26. The Morgan fingerprint density at radius 2 is 2.44 bits per heavy atom. The van der Waals surface area contributed by atoms with E-state index in [0.717, 1.165) is 33.1 Å². The average Bonchev–Trinajstić information content (AvgIpc) is 2.85. The van der Waals surface area contributed by atoms with E-state index in [4.69, 9.17) is 0 Å². The number of aromatic nitrogens is 3. The van der Waals surface area contributed by atoms with Crippen molar-refractivity contribution in [1.29, 1.82) is 0 Å². The molecule has 2 aromatic heterocycles. The van der Waals surface area contributed by atoms with Gasteiger partial charge in [-0.3, -0.25) is 0 Å². The molecule has 0 aromatic carbocycles. The summed E-state index contributed by atoms with van der Waals surface area (Å²) in [5.74, 6) is 0. The van der Waals surface area contributed by atoms with E-state index in [-0.39, 0.29) is 6.04 Å². The third-order valence-corrected chi connectivity index (χ3v) is 4.82. The molecule has 1 unspecified atom stereocenters. The van der Waals surface area contributed by atoms with Crippen molar-refractivity contribution in [3.05, 3.63) is 32.2 Å². The van der Waals surface area contributed by atoms with E-state index in [2.05, 4.69) is 36.2 Å². The molecule has 84 valence electrons. The number of nitrogens with zero attached hydrogens (tertiary/aromatic N) is 2. The number of hydrogen-bond acceptors (Lipinski definition) is 4. The molecule has 0 bridgehead atoms. The molecule has 2 aromatic rings. The summed E-state index contributed by atoms with van der Waals surface area (Å²) >= 11 is 5.19. The summed E-state index contributed by atoms with van der Waals surface area (Å²) < 4.78 is 1.10. The van der Waals surface area contributed by atoms with Gasteiger partial charge in [0.25, 0.3) is 0 Å². The molecule has 2 N–H and O–H groups in total. The van der Waals surface area contributed by atoms with Gasteiger partial charge in [0, 0.05) is 18.7 Å². The zero-order valence-electron chi connectivity index (χ0n) is 8.75. The summed E-state index contributed by atoms with van der Waals surface area (Å²) in [6, 6.07) is 0.144. The van der Waals surface area contributed by atoms with Crippen LogP contribution in [0.25, 0.3) is 0 Å². The first-order valence-corrected chi connectivity index (χ1v) is 6.75. The first-order valence-electron chi connectivity index (χ1n) is 5.14. The van der Waals surface area contributed by atoms with Crippen LogP contribution in [0.2, 0.25) is 0 Å². The van der Waals surface area contributed by atoms with Crippen LogP contribution in [0.5, 0.6) is 0 Å². The highest BCUT2D eigenvalue weighted by Crippen LogP contribution is 2.33. The van der Waals surface area contributed by atoms with Crippen molar-refractivity contribution in [2.45, 2.75) is 19.4 Å². The average molecular weight is 299 g/mol. The monoisotopic (exact) mass is 298 g/mol. The minimum Gasteiger partial charge on any atom is -0.348 e. The number of H-pyrrole nitrogens is 1. The van der Waals surface area contributed by atoms with Crippen LogP contribution in [0.15, 0.2) is 10.1 Å². The Labute approximate surface area is 106 Å². The summed E-state index contributed by atoms with van der Waals surface area (Å²) in [4.78, 5) is 12.1. The first-order chi connectivity index (χ1) is 7.75. The number of rotatable bonds is 1. The maximum Gasteiger partial charge on any atom is 0.117 e. The first kappa shape index (κ1) is 10.4. The van der Waals surface area contributed by atoms with Gasteiger partial charge in [-0.2, -0.15) is 0 Å². The lowest BCUT2D eigenvalue weighted by Gasteiger charge is -2.20. The van der Waals surface area contributed by atoms with Gasteiger partial charge >= 0.3 is 0 Å². The van der Waals surface area contributed by atoms with Crippen LogP contribution in [0.4, 0.5) is 0 Å². The quantitative estimate of drug-likeness (QED) is 0.848. The Morgan fingerprint density at radius 3 is 3.19 bits per heavy atom. The van der Waals surface area contributed by atoms with Gasteiger partial charge < -0.3 is 10.3 Å². The van der Waals surface area contributed by atoms with Crippen molar-refractivity contribution in [3.63, 3.8) is 0 Å². The second kappa shape index (κ2) is 3.94. The van der Waals surface area contributed by atoms with Crippen LogP contribution < -0.4 is 5.32 Å². The third kappa shape index (κ3) is 1.61. The Balaban J connectivity index is 2.03. The van der Waals surface area contributed by atoms with Gasteiger partial charge in [0.05, 0.1) is 21.5 Å². The van der Waals surface area contributed by atoms with Crippen LogP contribution in [0.3, 0.4) is 0 Å². The minimum atomic E-state index is 0.144. The van der Waals surface area contributed by atoms with Gasteiger partial charge in [-0.05, 0) is 22.9 Å². The second-order valence-corrected chi connectivity index (χ2v) is 6.16. The summed E-state index contributed by atoms with van der Waals surface area (Å²) in [5.41, 5.74) is 3.37. The van der Waals surface area contributed by atoms with E-state index in [9.17, 15) is 0 Å². The fourth-order valence-electron chi connectivity index (χ4n) is 1.94. The number of aryl methyl sites for hydroxylation is 1. The zero-order chi connectivity index (χ0) is 11.1. The highest BCUT2D eigenvalue weighted by atomic mass is 79.9. The lowest BCUT2D eigenvalue weighted by Crippen LogP contribution is -2.30. The number of halogens is 1. The maximum atomic E-state index is 4.57. The van der Waals surface area contributed by atoms with Crippen molar-refractivity contribution >= 4 is 27.3 Å². The van der Waals surface area contributed by atoms with E-state index in [1.165, 1.54) is 5.69 Å². The molecule has 0 spiro atoms. The standard InChI is InChI=1S/C10H11BrN4S/c1-5-9(11)16-10(15-5)8-7-6(2-3-12-8)13-4-14-7/h4,8,12H,2-3H2,1H3,(H,13,14). The predicted octanol–water partition coefficient (Wildman–Crippen LogP) is 2.17. The van der Waals surface area contributed by atoms with Crippen molar-refractivity contribution in [3.8, 4) is 0 Å². The molecular formula is C10H11BrN4S. The largest absolute Gasteiger partial charge is 0.348 e. The molecule has 1 aliphatic rings. The maximum absolute atomic E-state index is 4.57. The smallest absolute Gasteiger partial charge is 0.117 e. The Hall–Kier alpha value is -0.720. The second-order valence-electron chi connectivity index (χ2n) is 3.81. The molecule has 6 heteroatoms. The molecule has 0 amide bonds. The van der Waals surface area contributed by atoms with E-state index < -0.39 is 0 Å². The minimum absolute atomic E-state index is 0.144. The molecule has 0 aliphatic carbocycles. The molecule has 1 atom stereocenters. The van der Waals surface area contributed by atoms with Gasteiger partial charge in [-0.1, -0.05) is 0 Å². The number of hydrogen-bond donors (Lipinski definition) is 2. The number of thiazole rings is 1. The summed E-state index contributed by atoms with van der Waals surface area (Å²) in [7, 11) is 0. The number of nitrogens with one attached hydrogen (secondary N) is 2. The fraction of sp³-hybridized carbons (Fsp3) is 0.400. The normalized spacial score (nSPS) is 19.8. The molecule has 1 aliphatic heterocycles. The third-order valence-electron chi connectivity index (χ3n) is 2.75. The van der Waals surface area contributed by atoms with E-state index in [1.54, 1.807) is 17.7 Å². The topological polar surface area (TPSA) is 53.6 Å². The van der Waals surface area contributed by atoms with Crippen molar-refractivity contribution in [2.24, 2.45) is 0 Å². The zero-order valence-corrected chi connectivity index (χ0v) is 11.2. The summed E-state index contributed by atoms with van der Waals surface area (Å²) in [6.45, 7) is 2.98. The summed E-state index contributed by atoms with van der Waals surface area (Å²) in [5, 5.41) is 4.54. The lowest BCUT2D eigenvalue weighted by atomic mass is 10.1. The van der Waals surface area contributed by atoms with E-state index in [0.29, 0.717) is 0 Å². The number of aromatic amines is 1. The van der Waals surface area contributed by atoms with E-state index >= 15 is 0 Å². The van der Waals surface area contributed by atoms with Gasteiger partial charge in [-0.15, -0.1) is 11.3 Å². The molecule has 4 nitrogen and oxygen atoms in total. The highest BCUT2D eigenvalue weighted by molar-refractivity contribution is 9.11. The van der Waals surface area contributed by atoms with Crippen molar-refractivity contribution < 1.29 is 0 Å². The van der Waals surface area contributed by atoms with Crippen molar-refractivity contribution in [1.82, 2.24) is 20.3 Å². The van der Waals surface area contributed by atoms with Gasteiger partial charge in [-0.25, -0.2) is 9.97 Å². The molecule has 3 heterocycles. The van der Waals surface area contributed by atoms with Crippen LogP contribution in [0.1, 0.15) is 28.1 Å². The van der Waals surface area contributed by atoms with Crippen LogP contribution in [-0.4, -0.2) is 21.5 Å². The fourth-order valence-corrected chi connectivity index (χ4v) is 3.40. The van der Waals surface area contributed by atoms with Crippen LogP contribution >= 0.6 is 27.3 Å². The lowest BCUT2D eigenvalue weighted by molar-refractivity contribution is 0.551. The Bertz CT molecular complexity index is 499. The molecule has 0 fully saturated rings. The molecule has 0 saturated heterocycles.